The molecular formula is C17H30O2. The van der Waals surface area contributed by atoms with Crippen LogP contribution >= 0.6 is 0 Å². The first kappa shape index (κ1) is 15.0. The van der Waals surface area contributed by atoms with E-state index in [0.29, 0.717) is 12.3 Å². The molecule has 2 saturated carbocycles. The Labute approximate surface area is 118 Å². The largest absolute Gasteiger partial charge is 0.381 e. The van der Waals surface area contributed by atoms with Crippen LogP contribution in [0, 0.1) is 22.7 Å². The lowest BCUT2D eigenvalue weighted by molar-refractivity contribution is -0.159. The number of carbonyl (C=O) groups is 1. The maximum atomic E-state index is 12.8. The van der Waals surface area contributed by atoms with Crippen LogP contribution in [0.15, 0.2) is 0 Å². The van der Waals surface area contributed by atoms with Crippen LogP contribution in [0.2, 0.25) is 0 Å². The third kappa shape index (κ3) is 1.82. The summed E-state index contributed by atoms with van der Waals surface area (Å²) in [6.45, 7) is 10.8. The van der Waals surface area contributed by atoms with E-state index < -0.39 is 5.60 Å². The molecule has 0 aromatic heterocycles. The molecule has 1 N–H and O–H groups in total. The summed E-state index contributed by atoms with van der Waals surface area (Å²) in [7, 11) is 0. The SMILES string of the molecule is CCCCC(C)C(=O)[C@@]1(O)C[C@H]2CC[C@]1(C)C2(C)C. The average Bonchev–Trinajstić information content (AvgIpc) is 2.67. The molecule has 4 atom stereocenters. The van der Waals surface area contributed by atoms with Gasteiger partial charge >= 0.3 is 0 Å². The van der Waals surface area contributed by atoms with Gasteiger partial charge in [0, 0.05) is 11.3 Å². The fourth-order valence-corrected chi connectivity index (χ4v) is 4.70. The van der Waals surface area contributed by atoms with Crippen LogP contribution in [0.3, 0.4) is 0 Å². The Hall–Kier alpha value is -0.370. The second kappa shape index (κ2) is 4.58. The summed E-state index contributed by atoms with van der Waals surface area (Å²) in [6, 6.07) is 0. The summed E-state index contributed by atoms with van der Waals surface area (Å²) >= 11 is 0. The highest BCUT2D eigenvalue weighted by Crippen LogP contribution is 2.70. The second-order valence-electron chi connectivity index (χ2n) is 7.76. The van der Waals surface area contributed by atoms with Crippen molar-refractivity contribution in [1.29, 1.82) is 0 Å². The fourth-order valence-electron chi connectivity index (χ4n) is 4.70. The standard InChI is InChI=1S/C17H30O2/c1-6-7-8-12(2)14(18)17(19)11-13-9-10-16(17,5)15(13,3)4/h12-13,19H,6-11H2,1-5H3/t12?,13-,16-,17+/m1/s1. The maximum Gasteiger partial charge on any atom is 0.167 e. The number of rotatable bonds is 5. The molecule has 2 aliphatic rings. The van der Waals surface area contributed by atoms with E-state index in [2.05, 4.69) is 27.7 Å². The van der Waals surface area contributed by atoms with Gasteiger partial charge in [0.05, 0.1) is 0 Å². The summed E-state index contributed by atoms with van der Waals surface area (Å²) in [6.07, 6.45) is 5.95. The molecule has 2 heteroatoms. The zero-order chi connectivity index (χ0) is 14.5. The van der Waals surface area contributed by atoms with Gasteiger partial charge in [-0.3, -0.25) is 4.79 Å². The zero-order valence-corrected chi connectivity index (χ0v) is 13.3. The van der Waals surface area contributed by atoms with Crippen molar-refractivity contribution in [1.82, 2.24) is 0 Å². The van der Waals surface area contributed by atoms with Crippen molar-refractivity contribution in [2.24, 2.45) is 22.7 Å². The zero-order valence-electron chi connectivity index (χ0n) is 13.3. The van der Waals surface area contributed by atoms with Gasteiger partial charge in [0.25, 0.3) is 0 Å². The van der Waals surface area contributed by atoms with Crippen molar-refractivity contribution < 1.29 is 9.90 Å². The maximum absolute atomic E-state index is 12.8. The predicted octanol–water partition coefficient (Wildman–Crippen LogP) is 3.96. The van der Waals surface area contributed by atoms with Crippen LogP contribution in [0.25, 0.3) is 0 Å². The number of hydrogen-bond donors (Lipinski definition) is 1. The fraction of sp³-hybridized carbons (Fsp3) is 0.941. The Kier molecular flexibility index (Phi) is 3.62. The van der Waals surface area contributed by atoms with Gasteiger partial charge in [-0.1, -0.05) is 47.5 Å². The van der Waals surface area contributed by atoms with Crippen LogP contribution in [-0.4, -0.2) is 16.5 Å². The van der Waals surface area contributed by atoms with Gasteiger partial charge in [0.2, 0.25) is 0 Å². The number of Topliss-reactive ketones (excluding diaryl/α,β-unsaturated/α-hetero) is 1. The number of unbranched alkanes of at least 4 members (excludes halogenated alkanes) is 1. The van der Waals surface area contributed by atoms with Crippen molar-refractivity contribution in [3.63, 3.8) is 0 Å². The highest BCUT2D eigenvalue weighted by Gasteiger charge is 2.71. The Bertz CT molecular complexity index is 373. The Morgan fingerprint density at radius 2 is 2.00 bits per heavy atom. The minimum atomic E-state index is -1.08. The molecule has 0 heterocycles. The molecular weight excluding hydrogens is 236 g/mol. The first-order valence-electron chi connectivity index (χ1n) is 7.97. The smallest absolute Gasteiger partial charge is 0.167 e. The van der Waals surface area contributed by atoms with Gasteiger partial charge < -0.3 is 5.11 Å². The first-order valence-corrected chi connectivity index (χ1v) is 7.97. The number of hydrogen-bond acceptors (Lipinski definition) is 2. The van der Waals surface area contributed by atoms with Gasteiger partial charge in [0.1, 0.15) is 5.60 Å². The third-order valence-electron chi connectivity index (χ3n) is 6.74. The normalized spacial score (nSPS) is 41.5. The highest BCUT2D eigenvalue weighted by atomic mass is 16.3. The molecule has 0 radical (unpaired) electrons. The quantitative estimate of drug-likeness (QED) is 0.818. The molecule has 110 valence electrons. The van der Waals surface area contributed by atoms with Gasteiger partial charge in [-0.05, 0) is 37.0 Å². The summed E-state index contributed by atoms with van der Waals surface area (Å²) in [5.74, 6) is 0.612. The van der Waals surface area contributed by atoms with E-state index in [-0.39, 0.29) is 22.5 Å². The van der Waals surface area contributed by atoms with Gasteiger partial charge in [0.15, 0.2) is 5.78 Å². The molecule has 2 aliphatic carbocycles. The molecule has 0 aromatic rings. The summed E-state index contributed by atoms with van der Waals surface area (Å²) < 4.78 is 0. The van der Waals surface area contributed by atoms with E-state index in [0.717, 1.165) is 25.7 Å². The van der Waals surface area contributed by atoms with E-state index in [1.807, 2.05) is 6.92 Å². The average molecular weight is 266 g/mol. The number of fused-ring (bicyclic) bond motifs is 2. The number of aliphatic hydroxyl groups is 1. The number of carbonyl (C=O) groups excluding carboxylic acids is 1. The second-order valence-corrected chi connectivity index (χ2v) is 7.76. The third-order valence-corrected chi connectivity index (χ3v) is 6.74. The molecule has 1 unspecified atom stereocenters. The van der Waals surface area contributed by atoms with Crippen LogP contribution < -0.4 is 0 Å². The Balaban J connectivity index is 2.23. The molecule has 19 heavy (non-hydrogen) atoms. The highest BCUT2D eigenvalue weighted by molar-refractivity contribution is 5.90. The van der Waals surface area contributed by atoms with Crippen molar-refractivity contribution in [3.05, 3.63) is 0 Å². The lowest BCUT2D eigenvalue weighted by Gasteiger charge is -2.45. The minimum absolute atomic E-state index is 0.00285. The monoisotopic (exact) mass is 266 g/mol. The molecule has 2 fully saturated rings. The summed E-state index contributed by atoms with van der Waals surface area (Å²) in [5, 5.41) is 11.2. The minimum Gasteiger partial charge on any atom is -0.381 e. The number of ketones is 1. The Morgan fingerprint density at radius 3 is 2.42 bits per heavy atom. The van der Waals surface area contributed by atoms with Gasteiger partial charge in [-0.15, -0.1) is 0 Å². The van der Waals surface area contributed by atoms with Gasteiger partial charge in [-0.25, -0.2) is 0 Å². The molecule has 0 amide bonds. The van der Waals surface area contributed by atoms with Crippen LogP contribution in [0.5, 0.6) is 0 Å². The predicted molar refractivity (Wildman–Crippen MR) is 77.9 cm³/mol. The van der Waals surface area contributed by atoms with Gasteiger partial charge in [-0.2, -0.15) is 0 Å². The van der Waals surface area contributed by atoms with Crippen LogP contribution in [0.1, 0.15) is 73.1 Å². The van der Waals surface area contributed by atoms with E-state index in [9.17, 15) is 9.90 Å². The Morgan fingerprint density at radius 1 is 1.37 bits per heavy atom. The van der Waals surface area contributed by atoms with E-state index >= 15 is 0 Å². The summed E-state index contributed by atoms with van der Waals surface area (Å²) in [5.41, 5.74) is -1.23. The van der Waals surface area contributed by atoms with E-state index in [1.54, 1.807) is 0 Å². The molecule has 0 aliphatic heterocycles. The summed E-state index contributed by atoms with van der Waals surface area (Å²) in [4.78, 5) is 12.8. The van der Waals surface area contributed by atoms with E-state index in [1.165, 1.54) is 6.42 Å². The van der Waals surface area contributed by atoms with E-state index in [4.69, 9.17) is 0 Å². The lowest BCUT2D eigenvalue weighted by Crippen LogP contribution is -2.54. The van der Waals surface area contributed by atoms with Crippen LogP contribution in [-0.2, 0) is 4.79 Å². The van der Waals surface area contributed by atoms with Crippen LogP contribution in [0.4, 0.5) is 0 Å². The van der Waals surface area contributed by atoms with Crippen molar-refractivity contribution in [2.75, 3.05) is 0 Å². The molecule has 2 bridgehead atoms. The van der Waals surface area contributed by atoms with Crippen molar-refractivity contribution >= 4 is 5.78 Å². The van der Waals surface area contributed by atoms with Crippen molar-refractivity contribution in [2.45, 2.75) is 78.7 Å². The molecule has 0 saturated heterocycles. The molecule has 2 rings (SSSR count). The molecule has 2 nitrogen and oxygen atoms in total. The lowest BCUT2D eigenvalue weighted by atomic mass is 9.61. The first-order chi connectivity index (χ1) is 8.70. The van der Waals surface area contributed by atoms with Crippen molar-refractivity contribution in [3.8, 4) is 0 Å². The topological polar surface area (TPSA) is 37.3 Å². The molecule has 0 aromatic carbocycles. The molecule has 0 spiro atoms.